The minimum atomic E-state index is -3.77. The largest absolute Gasteiger partial charge is 0.497 e. The molecule has 0 radical (unpaired) electrons. The summed E-state index contributed by atoms with van der Waals surface area (Å²) in [5.74, 6) is 0.757. The summed E-state index contributed by atoms with van der Waals surface area (Å²) in [6, 6.07) is 12.7. The fourth-order valence-electron chi connectivity index (χ4n) is 3.20. The van der Waals surface area contributed by atoms with Crippen LogP contribution in [0, 0.1) is 6.92 Å². The smallest absolute Gasteiger partial charge is 0.247 e. The van der Waals surface area contributed by atoms with Crippen LogP contribution in [0.15, 0.2) is 47.4 Å². The SMILES string of the molecule is COc1ccc(OC)c(S(=O)(=O)N2CC(C)OC(c3ccc(C)cc3)C2)c1. The summed E-state index contributed by atoms with van der Waals surface area (Å²) in [7, 11) is -0.812. The van der Waals surface area contributed by atoms with Gasteiger partial charge in [0.25, 0.3) is 0 Å². The van der Waals surface area contributed by atoms with E-state index in [0.29, 0.717) is 11.5 Å². The Bertz CT molecular complexity index is 895. The number of benzene rings is 2. The second kappa shape index (κ2) is 7.88. The predicted molar refractivity (Wildman–Crippen MR) is 103 cm³/mol. The third-order valence-electron chi connectivity index (χ3n) is 4.66. The fraction of sp³-hybridized carbons (Fsp3) is 0.400. The van der Waals surface area contributed by atoms with Gasteiger partial charge in [0.05, 0.1) is 26.4 Å². The molecule has 3 rings (SSSR count). The topological polar surface area (TPSA) is 65.1 Å². The molecule has 1 aliphatic rings. The van der Waals surface area contributed by atoms with Gasteiger partial charge in [0.1, 0.15) is 16.4 Å². The molecule has 27 heavy (non-hydrogen) atoms. The summed E-state index contributed by atoms with van der Waals surface area (Å²) in [5.41, 5.74) is 2.11. The minimum absolute atomic E-state index is 0.0982. The minimum Gasteiger partial charge on any atom is -0.497 e. The molecule has 0 amide bonds. The van der Waals surface area contributed by atoms with Crippen molar-refractivity contribution in [3.63, 3.8) is 0 Å². The van der Waals surface area contributed by atoms with E-state index in [2.05, 4.69) is 0 Å². The number of aryl methyl sites for hydroxylation is 1. The van der Waals surface area contributed by atoms with Gasteiger partial charge < -0.3 is 14.2 Å². The zero-order valence-corrected chi connectivity index (χ0v) is 16.8. The number of nitrogens with zero attached hydrogens (tertiary/aromatic N) is 1. The second-order valence-corrected chi connectivity index (χ2v) is 8.59. The molecule has 1 heterocycles. The van der Waals surface area contributed by atoms with Gasteiger partial charge in [-0.1, -0.05) is 29.8 Å². The summed E-state index contributed by atoms with van der Waals surface area (Å²) >= 11 is 0. The molecule has 0 saturated carbocycles. The third-order valence-corrected chi connectivity index (χ3v) is 6.52. The molecule has 2 aromatic rings. The Morgan fingerprint density at radius 3 is 2.37 bits per heavy atom. The van der Waals surface area contributed by atoms with Crippen molar-refractivity contribution in [1.82, 2.24) is 4.31 Å². The van der Waals surface area contributed by atoms with Crippen molar-refractivity contribution >= 4 is 10.0 Å². The van der Waals surface area contributed by atoms with Crippen molar-refractivity contribution < 1.29 is 22.6 Å². The lowest BCUT2D eigenvalue weighted by Gasteiger charge is -2.36. The Morgan fingerprint density at radius 2 is 1.74 bits per heavy atom. The normalized spacial score (nSPS) is 21.0. The van der Waals surface area contributed by atoms with Crippen LogP contribution in [0.25, 0.3) is 0 Å². The highest BCUT2D eigenvalue weighted by Gasteiger charge is 2.36. The molecule has 7 heteroatoms. The monoisotopic (exact) mass is 391 g/mol. The Kier molecular flexibility index (Phi) is 5.74. The Balaban J connectivity index is 1.95. The lowest BCUT2D eigenvalue weighted by molar-refractivity contribution is -0.0557. The van der Waals surface area contributed by atoms with Gasteiger partial charge in [-0.25, -0.2) is 8.42 Å². The van der Waals surface area contributed by atoms with Gasteiger partial charge in [-0.15, -0.1) is 0 Å². The summed E-state index contributed by atoms with van der Waals surface area (Å²) in [5, 5.41) is 0. The first-order valence-corrected chi connectivity index (χ1v) is 10.2. The van der Waals surface area contributed by atoms with Gasteiger partial charge in [0, 0.05) is 19.2 Å². The van der Waals surface area contributed by atoms with Crippen LogP contribution in [-0.2, 0) is 14.8 Å². The number of hydrogen-bond donors (Lipinski definition) is 0. The molecule has 146 valence electrons. The number of sulfonamides is 1. The van der Waals surface area contributed by atoms with Crippen LogP contribution in [0.4, 0.5) is 0 Å². The van der Waals surface area contributed by atoms with Gasteiger partial charge >= 0.3 is 0 Å². The van der Waals surface area contributed by atoms with Crippen LogP contribution >= 0.6 is 0 Å². The number of rotatable bonds is 5. The summed E-state index contributed by atoms with van der Waals surface area (Å²) < 4.78 is 44.6. The van der Waals surface area contributed by atoms with E-state index in [1.165, 1.54) is 24.6 Å². The van der Waals surface area contributed by atoms with E-state index in [1.54, 1.807) is 12.1 Å². The molecule has 0 bridgehead atoms. The molecule has 0 N–H and O–H groups in total. The Morgan fingerprint density at radius 1 is 1.04 bits per heavy atom. The van der Waals surface area contributed by atoms with Crippen molar-refractivity contribution in [2.75, 3.05) is 27.3 Å². The molecular weight excluding hydrogens is 366 g/mol. The molecule has 2 unspecified atom stereocenters. The van der Waals surface area contributed by atoms with Crippen molar-refractivity contribution in [3.05, 3.63) is 53.6 Å². The van der Waals surface area contributed by atoms with Gasteiger partial charge in [-0.2, -0.15) is 4.31 Å². The highest BCUT2D eigenvalue weighted by molar-refractivity contribution is 7.89. The maximum Gasteiger partial charge on any atom is 0.247 e. The quantitative estimate of drug-likeness (QED) is 0.783. The standard InChI is InChI=1S/C20H25NO5S/c1-14-5-7-16(8-6-14)19-13-21(12-15(2)26-19)27(22,23)20-11-17(24-3)9-10-18(20)25-4/h5-11,15,19H,12-13H2,1-4H3. The molecular formula is C20H25NO5S. The van der Waals surface area contributed by atoms with E-state index in [0.717, 1.165) is 11.1 Å². The zero-order chi connectivity index (χ0) is 19.6. The van der Waals surface area contributed by atoms with Gasteiger partial charge in [0.2, 0.25) is 10.0 Å². The molecule has 2 aromatic carbocycles. The average Bonchev–Trinajstić information content (AvgIpc) is 2.67. The van der Waals surface area contributed by atoms with E-state index in [-0.39, 0.29) is 30.2 Å². The van der Waals surface area contributed by atoms with Crippen molar-refractivity contribution in [2.24, 2.45) is 0 Å². The van der Waals surface area contributed by atoms with E-state index >= 15 is 0 Å². The number of ether oxygens (including phenoxy) is 3. The van der Waals surface area contributed by atoms with Crippen molar-refractivity contribution in [2.45, 2.75) is 31.0 Å². The van der Waals surface area contributed by atoms with E-state index in [1.807, 2.05) is 38.1 Å². The molecule has 0 aliphatic carbocycles. The first kappa shape index (κ1) is 19.7. The molecule has 0 aromatic heterocycles. The van der Waals surface area contributed by atoms with Gasteiger partial charge in [-0.3, -0.25) is 0 Å². The van der Waals surface area contributed by atoms with E-state index in [9.17, 15) is 8.42 Å². The summed E-state index contributed by atoms with van der Waals surface area (Å²) in [6.45, 7) is 4.42. The highest BCUT2D eigenvalue weighted by Crippen LogP contribution is 2.34. The molecule has 6 nitrogen and oxygen atoms in total. The number of hydrogen-bond acceptors (Lipinski definition) is 5. The maximum absolute atomic E-state index is 13.3. The first-order valence-electron chi connectivity index (χ1n) is 8.79. The second-order valence-electron chi connectivity index (χ2n) is 6.68. The number of methoxy groups -OCH3 is 2. The van der Waals surface area contributed by atoms with Crippen LogP contribution in [0.5, 0.6) is 11.5 Å². The molecule has 1 fully saturated rings. The fourth-order valence-corrected chi connectivity index (χ4v) is 4.89. The average molecular weight is 391 g/mol. The van der Waals surface area contributed by atoms with Crippen LogP contribution in [0.2, 0.25) is 0 Å². The molecule has 0 spiro atoms. The van der Waals surface area contributed by atoms with Crippen LogP contribution < -0.4 is 9.47 Å². The Hall–Kier alpha value is -2.09. The van der Waals surface area contributed by atoms with Crippen molar-refractivity contribution in [1.29, 1.82) is 0 Å². The lowest BCUT2D eigenvalue weighted by Crippen LogP contribution is -2.45. The Labute approximate surface area is 160 Å². The summed E-state index contributed by atoms with van der Waals surface area (Å²) in [6.07, 6.45) is -0.544. The molecule has 2 atom stereocenters. The zero-order valence-electron chi connectivity index (χ0n) is 16.0. The van der Waals surface area contributed by atoms with E-state index in [4.69, 9.17) is 14.2 Å². The summed E-state index contributed by atoms with van der Waals surface area (Å²) in [4.78, 5) is 0.0982. The van der Waals surface area contributed by atoms with E-state index < -0.39 is 10.0 Å². The maximum atomic E-state index is 13.3. The molecule has 1 aliphatic heterocycles. The predicted octanol–water partition coefficient (Wildman–Crippen LogP) is 3.16. The van der Waals surface area contributed by atoms with Crippen molar-refractivity contribution in [3.8, 4) is 11.5 Å². The van der Waals surface area contributed by atoms with Crippen LogP contribution in [0.3, 0.4) is 0 Å². The molecule has 1 saturated heterocycles. The lowest BCUT2D eigenvalue weighted by atomic mass is 10.1. The van der Waals surface area contributed by atoms with Crippen LogP contribution in [-0.4, -0.2) is 46.1 Å². The van der Waals surface area contributed by atoms with Gasteiger partial charge in [-0.05, 0) is 31.5 Å². The highest BCUT2D eigenvalue weighted by atomic mass is 32.2. The first-order chi connectivity index (χ1) is 12.8. The number of morpholine rings is 1. The third kappa shape index (κ3) is 4.10. The van der Waals surface area contributed by atoms with Crippen LogP contribution in [0.1, 0.15) is 24.2 Å². The van der Waals surface area contributed by atoms with Gasteiger partial charge in [0.15, 0.2) is 0 Å².